The zero-order chi connectivity index (χ0) is 12.9. The number of thiophene rings is 1. The molecule has 92 valence electrons. The average Bonchev–Trinajstić information content (AvgIpc) is 2.85. The van der Waals surface area contributed by atoms with Gasteiger partial charge in [-0.25, -0.2) is 9.37 Å². The van der Waals surface area contributed by atoms with Gasteiger partial charge in [-0.1, -0.05) is 11.6 Å². The number of benzene rings is 1. The summed E-state index contributed by atoms with van der Waals surface area (Å²) in [5.41, 5.74) is 8.41. The number of halogens is 2. The first-order chi connectivity index (χ1) is 8.56. The zero-order valence-corrected chi connectivity index (χ0v) is 10.9. The van der Waals surface area contributed by atoms with Crippen LogP contribution in [0.2, 0.25) is 5.02 Å². The highest BCUT2D eigenvalue weighted by Crippen LogP contribution is 2.36. The van der Waals surface area contributed by atoms with E-state index in [1.54, 1.807) is 0 Å². The molecular formula is C12H8ClFN2OS. The van der Waals surface area contributed by atoms with Gasteiger partial charge < -0.3 is 10.2 Å². The van der Waals surface area contributed by atoms with Gasteiger partial charge in [-0.15, -0.1) is 11.3 Å². The van der Waals surface area contributed by atoms with Crippen molar-refractivity contribution in [3.8, 4) is 10.8 Å². The van der Waals surface area contributed by atoms with Crippen molar-refractivity contribution in [2.45, 2.75) is 6.92 Å². The average molecular weight is 283 g/mol. The number of hydrogen-bond acceptors (Lipinski definition) is 4. The van der Waals surface area contributed by atoms with E-state index in [1.165, 1.54) is 23.5 Å². The van der Waals surface area contributed by atoms with Crippen LogP contribution in [0.4, 0.5) is 10.1 Å². The van der Waals surface area contributed by atoms with Crippen molar-refractivity contribution in [1.29, 1.82) is 0 Å². The lowest BCUT2D eigenvalue weighted by Gasteiger charge is -1.93. The van der Waals surface area contributed by atoms with Gasteiger partial charge in [-0.05, 0) is 23.9 Å². The molecule has 2 heterocycles. The van der Waals surface area contributed by atoms with E-state index in [2.05, 4.69) is 4.98 Å². The van der Waals surface area contributed by atoms with E-state index >= 15 is 0 Å². The zero-order valence-electron chi connectivity index (χ0n) is 9.33. The first-order valence-corrected chi connectivity index (χ1v) is 6.41. The Morgan fingerprint density at radius 1 is 1.44 bits per heavy atom. The standard InChI is InChI=1S/C12H8ClFN2OS/c1-5-4-18-11(10(5)15)12-16-8-2-6(13)7(14)3-9(8)17-12/h2-4H,15H2,1H3. The van der Waals surface area contributed by atoms with Gasteiger partial charge in [-0.3, -0.25) is 0 Å². The van der Waals surface area contributed by atoms with Gasteiger partial charge in [0, 0.05) is 6.07 Å². The van der Waals surface area contributed by atoms with Crippen LogP contribution >= 0.6 is 22.9 Å². The molecule has 0 amide bonds. The van der Waals surface area contributed by atoms with Crippen LogP contribution in [-0.4, -0.2) is 4.98 Å². The molecule has 0 radical (unpaired) electrons. The number of hydrogen-bond donors (Lipinski definition) is 1. The molecule has 2 N–H and O–H groups in total. The van der Waals surface area contributed by atoms with Gasteiger partial charge in [0.1, 0.15) is 16.2 Å². The van der Waals surface area contributed by atoms with Crippen LogP contribution in [0.5, 0.6) is 0 Å². The Labute approximate surface area is 111 Å². The molecule has 0 unspecified atom stereocenters. The lowest BCUT2D eigenvalue weighted by molar-refractivity contribution is 0.604. The molecule has 1 aromatic carbocycles. The largest absolute Gasteiger partial charge is 0.435 e. The molecule has 3 aromatic rings. The molecule has 0 bridgehead atoms. The summed E-state index contributed by atoms with van der Waals surface area (Å²) in [6, 6.07) is 2.67. The fraction of sp³-hybridized carbons (Fsp3) is 0.0833. The van der Waals surface area contributed by atoms with E-state index in [4.69, 9.17) is 21.8 Å². The summed E-state index contributed by atoms with van der Waals surface area (Å²) in [5, 5.41) is 1.95. The number of nitrogen functional groups attached to an aromatic ring is 1. The van der Waals surface area contributed by atoms with Gasteiger partial charge in [0.05, 0.1) is 10.7 Å². The lowest BCUT2D eigenvalue weighted by Crippen LogP contribution is -1.86. The minimum absolute atomic E-state index is 0.0256. The van der Waals surface area contributed by atoms with Gasteiger partial charge >= 0.3 is 0 Å². The van der Waals surface area contributed by atoms with Crippen LogP contribution < -0.4 is 5.73 Å². The molecule has 0 saturated carbocycles. The molecule has 18 heavy (non-hydrogen) atoms. The quantitative estimate of drug-likeness (QED) is 0.726. The Balaban J connectivity index is 2.22. The predicted octanol–water partition coefficient (Wildman–Crippen LogP) is 4.24. The Hall–Kier alpha value is -1.59. The van der Waals surface area contributed by atoms with Crippen LogP contribution in [0.1, 0.15) is 5.56 Å². The minimum atomic E-state index is -0.526. The second-order valence-corrected chi connectivity index (χ2v) is 5.20. The first kappa shape index (κ1) is 11.5. The molecule has 0 aliphatic heterocycles. The maximum absolute atomic E-state index is 13.3. The first-order valence-electron chi connectivity index (χ1n) is 5.16. The molecule has 3 rings (SSSR count). The second kappa shape index (κ2) is 3.96. The third-order valence-electron chi connectivity index (χ3n) is 2.65. The van der Waals surface area contributed by atoms with Crippen LogP contribution in [0.15, 0.2) is 21.9 Å². The molecule has 0 aliphatic rings. The normalized spacial score (nSPS) is 11.3. The number of anilines is 1. The summed E-state index contributed by atoms with van der Waals surface area (Å²) in [5.74, 6) is -0.135. The van der Waals surface area contributed by atoms with Crippen LogP contribution in [0.3, 0.4) is 0 Å². The third-order valence-corrected chi connectivity index (χ3v) is 4.04. The number of aromatic nitrogens is 1. The summed E-state index contributed by atoms with van der Waals surface area (Å²) in [6.45, 7) is 1.91. The van der Waals surface area contributed by atoms with E-state index in [1.807, 2.05) is 12.3 Å². The van der Waals surface area contributed by atoms with Crippen molar-refractivity contribution in [3.63, 3.8) is 0 Å². The highest BCUT2D eigenvalue weighted by molar-refractivity contribution is 7.14. The number of nitrogens with zero attached hydrogens (tertiary/aromatic N) is 1. The van der Waals surface area contributed by atoms with Crippen LogP contribution in [-0.2, 0) is 0 Å². The fourth-order valence-electron chi connectivity index (χ4n) is 1.64. The Bertz CT molecular complexity index is 711. The Morgan fingerprint density at radius 3 is 2.89 bits per heavy atom. The molecule has 0 fully saturated rings. The van der Waals surface area contributed by atoms with E-state index in [-0.39, 0.29) is 5.02 Å². The Morgan fingerprint density at radius 2 is 2.22 bits per heavy atom. The van der Waals surface area contributed by atoms with E-state index in [9.17, 15) is 4.39 Å². The molecule has 2 aromatic heterocycles. The van der Waals surface area contributed by atoms with Gasteiger partial charge in [0.15, 0.2) is 5.58 Å². The Kier molecular flexibility index (Phi) is 2.53. The summed E-state index contributed by atoms with van der Waals surface area (Å²) >= 11 is 7.14. The van der Waals surface area contributed by atoms with E-state index < -0.39 is 5.82 Å². The minimum Gasteiger partial charge on any atom is -0.435 e. The summed E-state index contributed by atoms with van der Waals surface area (Å²) in [6.07, 6.45) is 0. The van der Waals surface area contributed by atoms with Crippen molar-refractivity contribution in [3.05, 3.63) is 33.9 Å². The van der Waals surface area contributed by atoms with Crippen molar-refractivity contribution in [2.24, 2.45) is 0 Å². The van der Waals surface area contributed by atoms with Crippen molar-refractivity contribution in [2.75, 3.05) is 5.73 Å². The lowest BCUT2D eigenvalue weighted by atomic mass is 10.3. The summed E-state index contributed by atoms with van der Waals surface area (Å²) < 4.78 is 18.8. The predicted molar refractivity (Wildman–Crippen MR) is 71.4 cm³/mol. The summed E-state index contributed by atoms with van der Waals surface area (Å²) in [7, 11) is 0. The second-order valence-electron chi connectivity index (χ2n) is 3.91. The van der Waals surface area contributed by atoms with Gasteiger partial charge in [0.25, 0.3) is 0 Å². The smallest absolute Gasteiger partial charge is 0.239 e. The third kappa shape index (κ3) is 1.67. The van der Waals surface area contributed by atoms with Crippen molar-refractivity contribution >= 4 is 39.7 Å². The monoisotopic (exact) mass is 282 g/mol. The SMILES string of the molecule is Cc1csc(-c2nc3cc(Cl)c(F)cc3o2)c1N. The molecule has 0 atom stereocenters. The number of rotatable bonds is 1. The van der Waals surface area contributed by atoms with Crippen molar-refractivity contribution < 1.29 is 8.81 Å². The maximum atomic E-state index is 13.3. The highest BCUT2D eigenvalue weighted by Gasteiger charge is 2.15. The summed E-state index contributed by atoms with van der Waals surface area (Å²) in [4.78, 5) is 5.02. The highest BCUT2D eigenvalue weighted by atomic mass is 35.5. The number of aryl methyl sites for hydroxylation is 1. The van der Waals surface area contributed by atoms with Gasteiger partial charge in [-0.2, -0.15) is 0 Å². The number of fused-ring (bicyclic) bond motifs is 1. The topological polar surface area (TPSA) is 52.0 Å². The molecule has 6 heteroatoms. The molecule has 0 saturated heterocycles. The molecule has 0 aliphatic carbocycles. The van der Waals surface area contributed by atoms with E-state index in [0.717, 1.165) is 10.4 Å². The molecular weight excluding hydrogens is 275 g/mol. The maximum Gasteiger partial charge on any atom is 0.239 e. The van der Waals surface area contributed by atoms with Crippen molar-refractivity contribution in [1.82, 2.24) is 4.98 Å². The van der Waals surface area contributed by atoms with Crippen LogP contribution in [0, 0.1) is 12.7 Å². The molecule has 0 spiro atoms. The van der Waals surface area contributed by atoms with Crippen LogP contribution in [0.25, 0.3) is 21.9 Å². The molecule has 3 nitrogen and oxygen atoms in total. The fourth-order valence-corrected chi connectivity index (χ4v) is 2.70. The van der Waals surface area contributed by atoms with Gasteiger partial charge in [0.2, 0.25) is 5.89 Å². The van der Waals surface area contributed by atoms with E-state index in [0.29, 0.717) is 22.7 Å². The number of oxazole rings is 1. The number of nitrogens with two attached hydrogens (primary N) is 1.